The third-order valence-electron chi connectivity index (χ3n) is 1.96. The normalized spacial score (nSPS) is 11.5. The van der Waals surface area contributed by atoms with Crippen LogP contribution in [0.2, 0.25) is 0 Å². The Bertz CT molecular complexity index is 403. The van der Waals surface area contributed by atoms with E-state index in [1.165, 1.54) is 5.38 Å². The third kappa shape index (κ3) is 4.39. The Labute approximate surface area is 103 Å². The maximum atomic E-state index is 10.9. The standard InChI is InChI=1S/C10H15N3O3S/c1-2-3-4-5-16-13-8(9(14)15)7-6-17-10(11)12-7/h6H,2-5H2,1H3,(H2,11,12)(H,14,15)/b13-8-. The zero-order chi connectivity index (χ0) is 12.7. The number of carboxylic acid groups (broad SMARTS) is 1. The van der Waals surface area contributed by atoms with Crippen molar-refractivity contribution in [3.63, 3.8) is 0 Å². The molecule has 0 aliphatic carbocycles. The number of hydrogen-bond donors (Lipinski definition) is 2. The molecule has 0 amide bonds. The van der Waals surface area contributed by atoms with Gasteiger partial charge in [-0.15, -0.1) is 11.3 Å². The largest absolute Gasteiger partial charge is 0.476 e. The van der Waals surface area contributed by atoms with Crippen LogP contribution in [0.25, 0.3) is 0 Å². The van der Waals surface area contributed by atoms with Gasteiger partial charge in [0.1, 0.15) is 12.3 Å². The van der Waals surface area contributed by atoms with E-state index in [1.54, 1.807) is 0 Å². The topological polar surface area (TPSA) is 97.8 Å². The minimum absolute atomic E-state index is 0.213. The van der Waals surface area contributed by atoms with Crippen LogP contribution in [0.3, 0.4) is 0 Å². The summed E-state index contributed by atoms with van der Waals surface area (Å²) in [5, 5.41) is 14.4. The lowest BCUT2D eigenvalue weighted by Gasteiger charge is -2.00. The van der Waals surface area contributed by atoms with Crippen molar-refractivity contribution in [2.24, 2.45) is 5.16 Å². The average Bonchev–Trinajstić information content (AvgIpc) is 2.69. The molecule has 0 aromatic carbocycles. The number of unbranched alkanes of at least 4 members (excludes halogenated alkanes) is 2. The fraction of sp³-hybridized carbons (Fsp3) is 0.500. The fourth-order valence-electron chi connectivity index (χ4n) is 1.12. The molecule has 1 aromatic heterocycles. The highest BCUT2D eigenvalue weighted by molar-refractivity contribution is 7.13. The first-order valence-corrected chi connectivity index (χ1v) is 6.17. The molecular weight excluding hydrogens is 242 g/mol. The minimum atomic E-state index is -1.18. The van der Waals surface area contributed by atoms with Crippen molar-refractivity contribution in [2.75, 3.05) is 12.3 Å². The van der Waals surface area contributed by atoms with E-state index in [1.807, 2.05) is 0 Å². The van der Waals surface area contributed by atoms with E-state index in [0.717, 1.165) is 30.6 Å². The number of thiazole rings is 1. The van der Waals surface area contributed by atoms with E-state index in [9.17, 15) is 4.79 Å². The molecule has 0 aliphatic heterocycles. The second kappa shape index (κ2) is 6.85. The molecule has 1 rings (SSSR count). The van der Waals surface area contributed by atoms with E-state index in [2.05, 4.69) is 17.1 Å². The number of anilines is 1. The quantitative estimate of drug-likeness (QED) is 0.440. The fourth-order valence-corrected chi connectivity index (χ4v) is 1.67. The molecule has 0 saturated heterocycles. The molecule has 1 aromatic rings. The Morgan fingerprint density at radius 3 is 2.94 bits per heavy atom. The van der Waals surface area contributed by atoms with Crippen LogP contribution < -0.4 is 5.73 Å². The van der Waals surface area contributed by atoms with Gasteiger partial charge in [-0.3, -0.25) is 0 Å². The van der Waals surface area contributed by atoms with Crippen molar-refractivity contribution < 1.29 is 14.7 Å². The lowest BCUT2D eigenvalue weighted by Crippen LogP contribution is -2.15. The van der Waals surface area contributed by atoms with E-state index in [0.29, 0.717) is 11.7 Å². The van der Waals surface area contributed by atoms with Crippen LogP contribution in [0.15, 0.2) is 10.5 Å². The number of nitrogen functional groups attached to an aromatic ring is 1. The summed E-state index contributed by atoms with van der Waals surface area (Å²) in [6.07, 6.45) is 2.95. The summed E-state index contributed by atoms with van der Waals surface area (Å²) in [5.41, 5.74) is 5.45. The molecule has 0 fully saturated rings. The van der Waals surface area contributed by atoms with Crippen LogP contribution in [0.4, 0.5) is 5.13 Å². The van der Waals surface area contributed by atoms with Crippen molar-refractivity contribution in [1.29, 1.82) is 0 Å². The molecule has 0 radical (unpaired) electrons. The van der Waals surface area contributed by atoms with Crippen molar-refractivity contribution >= 4 is 28.1 Å². The predicted molar refractivity (Wildman–Crippen MR) is 66.2 cm³/mol. The lowest BCUT2D eigenvalue weighted by molar-refractivity contribution is -0.129. The summed E-state index contributed by atoms with van der Waals surface area (Å²) >= 11 is 1.16. The first-order chi connectivity index (χ1) is 8.15. The molecule has 94 valence electrons. The van der Waals surface area contributed by atoms with Crippen LogP contribution in [0, 0.1) is 0 Å². The van der Waals surface area contributed by atoms with Gasteiger partial charge in [0.2, 0.25) is 5.71 Å². The molecule has 1 heterocycles. The Hall–Kier alpha value is -1.63. The Morgan fingerprint density at radius 2 is 2.41 bits per heavy atom. The average molecular weight is 257 g/mol. The Balaban J connectivity index is 2.60. The van der Waals surface area contributed by atoms with Crippen molar-refractivity contribution in [1.82, 2.24) is 4.98 Å². The molecule has 7 heteroatoms. The van der Waals surface area contributed by atoms with E-state index < -0.39 is 5.97 Å². The number of carbonyl (C=O) groups is 1. The zero-order valence-electron chi connectivity index (χ0n) is 9.55. The van der Waals surface area contributed by atoms with Crippen molar-refractivity contribution in [3.8, 4) is 0 Å². The lowest BCUT2D eigenvalue weighted by atomic mass is 10.3. The molecule has 6 nitrogen and oxygen atoms in total. The summed E-state index contributed by atoms with van der Waals surface area (Å²) < 4.78 is 0. The summed E-state index contributed by atoms with van der Waals surface area (Å²) in [7, 11) is 0. The van der Waals surface area contributed by atoms with Gasteiger partial charge in [-0.05, 0) is 6.42 Å². The van der Waals surface area contributed by atoms with E-state index >= 15 is 0 Å². The highest BCUT2D eigenvalue weighted by Crippen LogP contribution is 2.12. The van der Waals surface area contributed by atoms with Crippen molar-refractivity contribution in [3.05, 3.63) is 11.1 Å². The molecule has 0 spiro atoms. The van der Waals surface area contributed by atoms with Crippen LogP contribution >= 0.6 is 11.3 Å². The zero-order valence-corrected chi connectivity index (χ0v) is 10.4. The van der Waals surface area contributed by atoms with Crippen LogP contribution in [0.5, 0.6) is 0 Å². The minimum Gasteiger partial charge on any atom is -0.476 e. The number of hydrogen-bond acceptors (Lipinski definition) is 6. The number of nitrogens with zero attached hydrogens (tertiary/aromatic N) is 2. The highest BCUT2D eigenvalue weighted by atomic mass is 32.1. The van der Waals surface area contributed by atoms with Crippen LogP contribution in [-0.4, -0.2) is 28.4 Å². The Kier molecular flexibility index (Phi) is 5.41. The van der Waals surface area contributed by atoms with Crippen LogP contribution in [-0.2, 0) is 9.63 Å². The smallest absolute Gasteiger partial charge is 0.360 e. The van der Waals surface area contributed by atoms with Gasteiger partial charge in [-0.2, -0.15) is 0 Å². The monoisotopic (exact) mass is 257 g/mol. The first-order valence-electron chi connectivity index (χ1n) is 5.29. The number of rotatable bonds is 7. The van der Waals surface area contributed by atoms with Gasteiger partial charge in [0.25, 0.3) is 0 Å². The SMILES string of the molecule is CCCCCO/N=C(\C(=O)O)c1csc(N)n1. The molecule has 0 bridgehead atoms. The third-order valence-corrected chi connectivity index (χ3v) is 2.64. The van der Waals surface area contributed by atoms with Gasteiger partial charge in [-0.1, -0.05) is 24.9 Å². The molecule has 0 unspecified atom stereocenters. The molecule has 0 saturated carbocycles. The second-order valence-corrected chi connectivity index (χ2v) is 4.25. The maximum Gasteiger partial charge on any atom is 0.360 e. The van der Waals surface area contributed by atoms with E-state index in [-0.39, 0.29) is 11.4 Å². The predicted octanol–water partition coefficient (Wildman–Crippen LogP) is 1.72. The van der Waals surface area contributed by atoms with E-state index in [4.69, 9.17) is 15.7 Å². The number of aliphatic carboxylic acids is 1. The van der Waals surface area contributed by atoms with Gasteiger partial charge in [0.15, 0.2) is 5.13 Å². The summed E-state index contributed by atoms with van der Waals surface area (Å²) in [5.74, 6) is -1.18. The molecule has 17 heavy (non-hydrogen) atoms. The number of carboxylic acids is 1. The number of nitrogens with two attached hydrogens (primary N) is 1. The van der Waals surface area contributed by atoms with Gasteiger partial charge in [-0.25, -0.2) is 9.78 Å². The maximum absolute atomic E-state index is 10.9. The number of oxime groups is 1. The second-order valence-electron chi connectivity index (χ2n) is 3.36. The van der Waals surface area contributed by atoms with Gasteiger partial charge < -0.3 is 15.7 Å². The molecular formula is C10H15N3O3S. The van der Waals surface area contributed by atoms with Crippen molar-refractivity contribution in [2.45, 2.75) is 26.2 Å². The molecule has 3 N–H and O–H groups in total. The first kappa shape index (κ1) is 13.4. The van der Waals surface area contributed by atoms with Gasteiger partial charge >= 0.3 is 5.97 Å². The van der Waals surface area contributed by atoms with Gasteiger partial charge in [0, 0.05) is 5.38 Å². The van der Waals surface area contributed by atoms with Gasteiger partial charge in [0.05, 0.1) is 0 Å². The summed E-state index contributed by atoms with van der Waals surface area (Å²) in [6, 6.07) is 0. The highest BCUT2D eigenvalue weighted by Gasteiger charge is 2.16. The molecule has 0 aliphatic rings. The number of aromatic nitrogens is 1. The molecule has 0 atom stereocenters. The summed E-state index contributed by atoms with van der Waals surface area (Å²) in [4.78, 5) is 19.7. The Morgan fingerprint density at radius 1 is 1.65 bits per heavy atom. The summed E-state index contributed by atoms with van der Waals surface area (Å²) in [6.45, 7) is 2.48. The van der Waals surface area contributed by atoms with Crippen LogP contribution in [0.1, 0.15) is 31.9 Å².